The molecule has 1 atom stereocenters. The van der Waals surface area contributed by atoms with Gasteiger partial charge in [-0.25, -0.2) is 4.98 Å². The van der Waals surface area contributed by atoms with Crippen molar-refractivity contribution in [1.82, 2.24) is 19.6 Å². The fraction of sp³-hybridized carbons (Fsp3) is 0.481. The number of aromatic nitrogens is 4. The Balaban J connectivity index is 1.35. The van der Waals surface area contributed by atoms with Gasteiger partial charge in [0.2, 0.25) is 5.91 Å². The fourth-order valence-electron chi connectivity index (χ4n) is 5.04. The van der Waals surface area contributed by atoms with Gasteiger partial charge in [0.25, 0.3) is 0 Å². The van der Waals surface area contributed by atoms with Gasteiger partial charge in [-0.1, -0.05) is 32.5 Å². The summed E-state index contributed by atoms with van der Waals surface area (Å²) in [5, 5.41) is 24.8. The van der Waals surface area contributed by atoms with Gasteiger partial charge in [-0.05, 0) is 50.0 Å². The number of carbonyl (C=O) groups excluding carboxylic acids is 1. The monoisotopic (exact) mass is 584 g/mol. The van der Waals surface area contributed by atoms with E-state index in [1.54, 1.807) is 31.5 Å². The summed E-state index contributed by atoms with van der Waals surface area (Å²) in [4.78, 5) is 30.9. The molecule has 11 nitrogen and oxygen atoms in total. The van der Waals surface area contributed by atoms with Crippen molar-refractivity contribution >= 4 is 56.2 Å². The Labute approximate surface area is 239 Å². The van der Waals surface area contributed by atoms with E-state index in [0.29, 0.717) is 16.8 Å². The minimum absolute atomic E-state index is 0.0420. The van der Waals surface area contributed by atoms with E-state index in [4.69, 9.17) is 14.5 Å². The Morgan fingerprint density at radius 3 is 2.67 bits per heavy atom. The van der Waals surface area contributed by atoms with Crippen LogP contribution in [0.1, 0.15) is 51.5 Å². The van der Waals surface area contributed by atoms with E-state index in [1.807, 2.05) is 4.40 Å². The summed E-state index contributed by atoms with van der Waals surface area (Å²) in [5.74, 6) is 0.613. The van der Waals surface area contributed by atoms with Crippen LogP contribution in [0.15, 0.2) is 23.6 Å². The van der Waals surface area contributed by atoms with E-state index < -0.39 is 4.92 Å². The minimum atomic E-state index is -0.538. The third-order valence-electron chi connectivity index (χ3n) is 7.11. The molecule has 3 heterocycles. The molecule has 1 amide bonds. The molecule has 1 unspecified atom stereocenters. The number of thioether (sulfide) groups is 1. The van der Waals surface area contributed by atoms with E-state index in [1.165, 1.54) is 34.3 Å². The van der Waals surface area contributed by atoms with Crippen LogP contribution in [0.5, 0.6) is 11.5 Å². The van der Waals surface area contributed by atoms with Crippen LogP contribution in [0.4, 0.5) is 11.4 Å². The molecule has 0 fully saturated rings. The Morgan fingerprint density at radius 2 is 1.98 bits per heavy atom. The van der Waals surface area contributed by atoms with Crippen LogP contribution in [0, 0.1) is 21.4 Å². The third-order valence-corrected chi connectivity index (χ3v) is 9.22. The highest BCUT2D eigenvalue weighted by atomic mass is 32.2. The molecular formula is C27H32N6O5S2. The minimum Gasteiger partial charge on any atom is -0.491 e. The van der Waals surface area contributed by atoms with Crippen LogP contribution in [-0.4, -0.2) is 49.4 Å². The third kappa shape index (κ3) is 5.44. The molecule has 0 saturated carbocycles. The summed E-state index contributed by atoms with van der Waals surface area (Å²) < 4.78 is 12.8. The summed E-state index contributed by atoms with van der Waals surface area (Å²) in [7, 11) is 0. The highest BCUT2D eigenvalue weighted by Crippen LogP contribution is 2.44. The number of nitro benzene ring substituents is 1. The molecular weight excluding hydrogens is 552 g/mol. The number of hydrogen-bond donors (Lipinski definition) is 1. The van der Waals surface area contributed by atoms with Crippen molar-refractivity contribution in [3.8, 4) is 11.5 Å². The van der Waals surface area contributed by atoms with Crippen LogP contribution in [-0.2, 0) is 17.6 Å². The van der Waals surface area contributed by atoms with E-state index in [0.717, 1.165) is 35.1 Å². The summed E-state index contributed by atoms with van der Waals surface area (Å²) >= 11 is 2.99. The van der Waals surface area contributed by atoms with Gasteiger partial charge < -0.3 is 14.8 Å². The lowest BCUT2D eigenvalue weighted by Crippen LogP contribution is -2.26. The lowest BCUT2D eigenvalue weighted by molar-refractivity contribution is -0.385. The van der Waals surface area contributed by atoms with Crippen molar-refractivity contribution in [3.63, 3.8) is 0 Å². The second-order valence-electron chi connectivity index (χ2n) is 10.7. The molecule has 40 heavy (non-hydrogen) atoms. The summed E-state index contributed by atoms with van der Waals surface area (Å²) in [5.41, 5.74) is 2.42. The van der Waals surface area contributed by atoms with Crippen molar-refractivity contribution in [2.24, 2.45) is 11.3 Å². The summed E-state index contributed by atoms with van der Waals surface area (Å²) in [6.07, 6.45) is 4.91. The van der Waals surface area contributed by atoms with E-state index in [9.17, 15) is 14.9 Å². The molecule has 1 aliphatic rings. The molecule has 0 spiro atoms. The largest absolute Gasteiger partial charge is 0.491 e. The topological polar surface area (TPSA) is 134 Å². The Bertz CT molecular complexity index is 1590. The smallest absolute Gasteiger partial charge is 0.314 e. The number of nitrogens with one attached hydrogen (secondary N) is 1. The van der Waals surface area contributed by atoms with Crippen molar-refractivity contribution in [2.75, 3.05) is 24.3 Å². The Kier molecular flexibility index (Phi) is 7.87. The zero-order valence-corrected chi connectivity index (χ0v) is 24.8. The molecule has 13 heteroatoms. The number of thiophene rings is 1. The molecule has 1 aromatic carbocycles. The highest BCUT2D eigenvalue weighted by molar-refractivity contribution is 7.99. The van der Waals surface area contributed by atoms with Gasteiger partial charge >= 0.3 is 5.69 Å². The van der Waals surface area contributed by atoms with Gasteiger partial charge in [-0.3, -0.25) is 19.3 Å². The molecule has 0 aliphatic heterocycles. The number of carbonyl (C=O) groups is 1. The average Bonchev–Trinajstić information content (AvgIpc) is 3.48. The Morgan fingerprint density at radius 1 is 1.23 bits per heavy atom. The van der Waals surface area contributed by atoms with Gasteiger partial charge in [-0.15, -0.1) is 21.5 Å². The molecule has 4 aromatic rings. The lowest BCUT2D eigenvalue weighted by atomic mass is 9.72. The van der Waals surface area contributed by atoms with Crippen LogP contribution in [0.2, 0.25) is 0 Å². The number of benzene rings is 1. The first-order valence-electron chi connectivity index (χ1n) is 13.2. The van der Waals surface area contributed by atoms with E-state index >= 15 is 0 Å². The normalized spacial score (nSPS) is 15.3. The lowest BCUT2D eigenvalue weighted by Gasteiger charge is -2.33. The molecule has 1 aliphatic carbocycles. The number of amides is 1. The second kappa shape index (κ2) is 11.2. The van der Waals surface area contributed by atoms with Crippen molar-refractivity contribution in [2.45, 2.75) is 59.0 Å². The standard InChI is InChI=1S/C27H32N6O5S2/c1-6-37-19-12-18(33(35)36)20(38-7-2)11-17(19)29-22(34)13-39-26-31-30-24-23-16-9-8-15(27(3,4)5)10-21(16)40-25(23)28-14-32(24)26/h11-12,14-15H,6-10,13H2,1-5H3,(H,29,34). The zero-order chi connectivity index (χ0) is 28.6. The van der Waals surface area contributed by atoms with Gasteiger partial charge in [0.1, 0.15) is 16.9 Å². The summed E-state index contributed by atoms with van der Waals surface area (Å²) in [6.45, 7) is 10.9. The molecule has 212 valence electrons. The summed E-state index contributed by atoms with van der Waals surface area (Å²) in [6, 6.07) is 2.69. The molecule has 0 radical (unpaired) electrons. The first-order chi connectivity index (χ1) is 19.1. The molecule has 1 N–H and O–H groups in total. The van der Waals surface area contributed by atoms with Crippen LogP contribution >= 0.6 is 23.1 Å². The number of nitro groups is 1. The average molecular weight is 585 g/mol. The van der Waals surface area contributed by atoms with E-state index in [2.05, 4.69) is 36.3 Å². The van der Waals surface area contributed by atoms with Crippen LogP contribution < -0.4 is 14.8 Å². The maximum absolute atomic E-state index is 12.9. The van der Waals surface area contributed by atoms with E-state index in [-0.39, 0.29) is 47.5 Å². The fourth-order valence-corrected chi connectivity index (χ4v) is 7.01. The van der Waals surface area contributed by atoms with Crippen LogP contribution in [0.3, 0.4) is 0 Å². The quantitative estimate of drug-likeness (QED) is 0.144. The highest BCUT2D eigenvalue weighted by Gasteiger charge is 2.32. The van der Waals surface area contributed by atoms with Crippen LogP contribution in [0.25, 0.3) is 15.9 Å². The number of nitrogens with zero attached hydrogens (tertiary/aromatic N) is 5. The number of rotatable bonds is 9. The van der Waals surface area contributed by atoms with Crippen molar-refractivity contribution < 1.29 is 19.2 Å². The van der Waals surface area contributed by atoms with Gasteiger partial charge in [0, 0.05) is 10.9 Å². The molecule has 0 saturated heterocycles. The molecule has 0 bridgehead atoms. The zero-order valence-electron chi connectivity index (χ0n) is 23.1. The molecule has 3 aromatic heterocycles. The number of anilines is 1. The first kappa shape index (κ1) is 28.1. The SMILES string of the molecule is CCOc1cc([N+](=O)[O-])c(OCC)cc1NC(=O)CSc1nnc2c3c4c(sc3ncn12)CC(C(C)(C)C)CC4. The Hall–Kier alpha value is -3.45. The van der Waals surface area contributed by atoms with Gasteiger partial charge in [0.05, 0.1) is 41.0 Å². The maximum atomic E-state index is 12.9. The van der Waals surface area contributed by atoms with Gasteiger partial charge in [-0.2, -0.15) is 0 Å². The van der Waals surface area contributed by atoms with Crippen molar-refractivity contribution in [1.29, 1.82) is 0 Å². The number of aryl methyl sites for hydroxylation is 1. The first-order valence-corrected chi connectivity index (χ1v) is 15.1. The molecule has 5 rings (SSSR count). The van der Waals surface area contributed by atoms with Gasteiger partial charge in [0.15, 0.2) is 16.6 Å². The predicted octanol–water partition coefficient (Wildman–Crippen LogP) is 5.93. The number of ether oxygens (including phenoxy) is 2. The maximum Gasteiger partial charge on any atom is 0.314 e. The van der Waals surface area contributed by atoms with Crippen molar-refractivity contribution in [3.05, 3.63) is 39.0 Å². The number of hydrogen-bond acceptors (Lipinski definition) is 10. The predicted molar refractivity (Wildman–Crippen MR) is 156 cm³/mol. The second-order valence-corrected chi connectivity index (χ2v) is 12.7. The number of fused-ring (bicyclic) bond motifs is 5.